The number of ether oxygens (including phenoxy) is 2. The van der Waals surface area contributed by atoms with Crippen LogP contribution in [0.5, 0.6) is 11.5 Å². The summed E-state index contributed by atoms with van der Waals surface area (Å²) in [5, 5.41) is 10.8. The molecule has 0 bridgehead atoms. The van der Waals surface area contributed by atoms with Gasteiger partial charge in [0.2, 0.25) is 0 Å². The summed E-state index contributed by atoms with van der Waals surface area (Å²) in [4.78, 5) is 0. The van der Waals surface area contributed by atoms with E-state index in [4.69, 9.17) is 9.47 Å². The Labute approximate surface area is 112 Å². The number of rotatable bonds is 3. The quantitative estimate of drug-likeness (QED) is 0.917. The van der Waals surface area contributed by atoms with Crippen LogP contribution in [0.1, 0.15) is 16.7 Å². The van der Waals surface area contributed by atoms with Crippen molar-refractivity contribution in [1.82, 2.24) is 0 Å². The van der Waals surface area contributed by atoms with Crippen LogP contribution < -0.4 is 9.47 Å². The molecule has 1 aliphatic carbocycles. The summed E-state index contributed by atoms with van der Waals surface area (Å²) in [6, 6.07) is 13.5. The number of hydrogen-bond acceptors (Lipinski definition) is 3. The molecule has 1 N–H and O–H groups in total. The molecule has 0 unspecified atom stereocenters. The Morgan fingerprint density at radius 2 is 1.74 bits per heavy atom. The van der Waals surface area contributed by atoms with E-state index in [2.05, 4.69) is 0 Å². The molecule has 19 heavy (non-hydrogen) atoms. The van der Waals surface area contributed by atoms with Gasteiger partial charge in [0, 0.05) is 6.42 Å². The maximum atomic E-state index is 10.8. The highest BCUT2D eigenvalue weighted by molar-refractivity contribution is 5.54. The minimum absolute atomic E-state index is 0.637. The van der Waals surface area contributed by atoms with Crippen LogP contribution in [-0.2, 0) is 12.0 Å². The molecule has 1 aliphatic rings. The normalized spacial score (nSPS) is 20.4. The highest BCUT2D eigenvalue weighted by Crippen LogP contribution is 2.45. The summed E-state index contributed by atoms with van der Waals surface area (Å²) in [5.74, 6) is 1.31. The smallest absolute Gasteiger partial charge is 0.161 e. The molecular weight excluding hydrogens is 240 g/mol. The molecule has 3 nitrogen and oxygen atoms in total. The highest BCUT2D eigenvalue weighted by atomic mass is 16.5. The van der Waals surface area contributed by atoms with Crippen molar-refractivity contribution in [3.8, 4) is 11.5 Å². The lowest BCUT2D eigenvalue weighted by Crippen LogP contribution is -2.39. The molecule has 0 saturated heterocycles. The Kier molecular flexibility index (Phi) is 2.72. The van der Waals surface area contributed by atoms with Crippen molar-refractivity contribution in [1.29, 1.82) is 0 Å². The fourth-order valence-corrected chi connectivity index (χ4v) is 2.69. The summed E-state index contributed by atoms with van der Waals surface area (Å²) in [5.41, 5.74) is 2.10. The molecule has 0 heterocycles. The van der Waals surface area contributed by atoms with Crippen molar-refractivity contribution in [2.45, 2.75) is 12.0 Å². The number of hydrogen-bond donors (Lipinski definition) is 1. The minimum atomic E-state index is -0.907. The molecule has 98 valence electrons. The van der Waals surface area contributed by atoms with Crippen LogP contribution in [0.4, 0.5) is 0 Å². The molecule has 0 aliphatic heterocycles. The monoisotopic (exact) mass is 256 g/mol. The van der Waals surface area contributed by atoms with Gasteiger partial charge < -0.3 is 14.6 Å². The van der Waals surface area contributed by atoms with E-state index >= 15 is 0 Å². The van der Waals surface area contributed by atoms with Crippen LogP contribution in [0.2, 0.25) is 0 Å². The van der Waals surface area contributed by atoms with Crippen LogP contribution in [0, 0.1) is 0 Å². The third kappa shape index (κ3) is 1.70. The Bertz CT molecular complexity index is 621. The van der Waals surface area contributed by atoms with Crippen molar-refractivity contribution in [3.63, 3.8) is 0 Å². The average Bonchev–Trinajstić information content (AvgIpc) is 2.45. The van der Waals surface area contributed by atoms with Crippen LogP contribution in [0.3, 0.4) is 0 Å². The van der Waals surface area contributed by atoms with Gasteiger partial charge in [-0.25, -0.2) is 0 Å². The first-order valence-electron chi connectivity index (χ1n) is 6.22. The summed E-state index contributed by atoms with van der Waals surface area (Å²) >= 11 is 0. The van der Waals surface area contributed by atoms with Crippen molar-refractivity contribution < 1.29 is 14.6 Å². The zero-order valence-corrected chi connectivity index (χ0v) is 11.0. The zero-order valence-electron chi connectivity index (χ0n) is 11.0. The second kappa shape index (κ2) is 4.28. The van der Waals surface area contributed by atoms with Crippen molar-refractivity contribution in [2.75, 3.05) is 14.2 Å². The van der Waals surface area contributed by atoms with Gasteiger partial charge in [0.15, 0.2) is 11.5 Å². The lowest BCUT2D eigenvalue weighted by Gasteiger charge is -2.40. The molecule has 1 atom stereocenters. The van der Waals surface area contributed by atoms with Crippen molar-refractivity contribution >= 4 is 0 Å². The lowest BCUT2D eigenvalue weighted by molar-refractivity contribution is 0.0560. The maximum absolute atomic E-state index is 10.8. The topological polar surface area (TPSA) is 38.7 Å². The van der Waals surface area contributed by atoms with Crippen LogP contribution >= 0.6 is 0 Å². The van der Waals surface area contributed by atoms with Gasteiger partial charge in [-0.3, -0.25) is 0 Å². The summed E-state index contributed by atoms with van der Waals surface area (Å²) in [6.45, 7) is 0. The molecule has 0 spiro atoms. The second-order valence-electron chi connectivity index (χ2n) is 4.76. The van der Waals surface area contributed by atoms with Gasteiger partial charge in [0.05, 0.1) is 14.2 Å². The third-order valence-electron chi connectivity index (χ3n) is 3.77. The maximum Gasteiger partial charge on any atom is 0.161 e. The summed E-state index contributed by atoms with van der Waals surface area (Å²) in [6.07, 6.45) is 0.638. The van der Waals surface area contributed by atoms with Crippen LogP contribution in [-0.4, -0.2) is 19.3 Å². The molecule has 2 aromatic carbocycles. The van der Waals surface area contributed by atoms with E-state index in [1.54, 1.807) is 14.2 Å². The van der Waals surface area contributed by atoms with Gasteiger partial charge in [0.25, 0.3) is 0 Å². The zero-order chi connectivity index (χ0) is 13.5. The van der Waals surface area contributed by atoms with Gasteiger partial charge in [-0.1, -0.05) is 30.3 Å². The molecule has 0 saturated carbocycles. The van der Waals surface area contributed by atoms with Crippen LogP contribution in [0.25, 0.3) is 0 Å². The van der Waals surface area contributed by atoms with Gasteiger partial charge >= 0.3 is 0 Å². The van der Waals surface area contributed by atoms with Gasteiger partial charge in [-0.2, -0.15) is 0 Å². The highest BCUT2D eigenvalue weighted by Gasteiger charge is 2.42. The van der Waals surface area contributed by atoms with E-state index in [0.717, 1.165) is 11.1 Å². The molecule has 0 radical (unpaired) electrons. The number of aliphatic hydroxyl groups is 1. The van der Waals surface area contributed by atoms with Crippen LogP contribution in [0.15, 0.2) is 42.5 Å². The van der Waals surface area contributed by atoms with Gasteiger partial charge in [-0.15, -0.1) is 0 Å². The Morgan fingerprint density at radius 1 is 1.00 bits per heavy atom. The molecular formula is C16H16O3. The van der Waals surface area contributed by atoms with E-state index in [9.17, 15) is 5.11 Å². The Hall–Kier alpha value is -2.00. The van der Waals surface area contributed by atoms with Crippen molar-refractivity contribution in [3.05, 3.63) is 59.2 Å². The first-order valence-corrected chi connectivity index (χ1v) is 6.22. The number of methoxy groups -OCH3 is 2. The van der Waals surface area contributed by atoms with E-state index in [1.807, 2.05) is 42.5 Å². The predicted molar refractivity (Wildman–Crippen MR) is 72.7 cm³/mol. The largest absolute Gasteiger partial charge is 0.493 e. The second-order valence-corrected chi connectivity index (χ2v) is 4.76. The standard InChI is InChI=1S/C16H16O3/c1-18-14-8-7-12(9-15(14)19-2)16(17)10-11-5-3-4-6-13(11)16/h3-9,17H,10H2,1-2H3/t16-/m1/s1. The van der Waals surface area contributed by atoms with E-state index in [0.29, 0.717) is 17.9 Å². The van der Waals surface area contributed by atoms with E-state index < -0.39 is 5.60 Å². The van der Waals surface area contributed by atoms with E-state index in [1.165, 1.54) is 5.56 Å². The number of benzene rings is 2. The molecule has 3 rings (SSSR count). The fourth-order valence-electron chi connectivity index (χ4n) is 2.69. The van der Waals surface area contributed by atoms with Gasteiger partial charge in [0.1, 0.15) is 5.60 Å². The molecule has 3 heteroatoms. The third-order valence-corrected chi connectivity index (χ3v) is 3.77. The summed E-state index contributed by atoms with van der Waals surface area (Å²) < 4.78 is 10.5. The lowest BCUT2D eigenvalue weighted by atomic mass is 9.69. The van der Waals surface area contributed by atoms with E-state index in [-0.39, 0.29) is 0 Å². The molecule has 0 fully saturated rings. The first-order chi connectivity index (χ1) is 9.19. The first kappa shape index (κ1) is 12.1. The van der Waals surface area contributed by atoms with Gasteiger partial charge in [-0.05, 0) is 28.8 Å². The SMILES string of the molecule is COc1ccc([C@]2(O)Cc3ccccc32)cc1OC. The number of fused-ring (bicyclic) bond motifs is 1. The summed E-state index contributed by atoms with van der Waals surface area (Å²) in [7, 11) is 3.20. The Balaban J connectivity index is 2.05. The average molecular weight is 256 g/mol. The molecule has 0 aromatic heterocycles. The fraction of sp³-hybridized carbons (Fsp3) is 0.250. The molecule has 0 amide bonds. The van der Waals surface area contributed by atoms with Crippen molar-refractivity contribution in [2.24, 2.45) is 0 Å². The predicted octanol–water partition coefficient (Wildman–Crippen LogP) is 2.50. The molecule has 2 aromatic rings. The Morgan fingerprint density at radius 3 is 2.42 bits per heavy atom. The minimum Gasteiger partial charge on any atom is -0.493 e.